The van der Waals surface area contributed by atoms with E-state index in [2.05, 4.69) is 0 Å². The third-order valence-corrected chi connectivity index (χ3v) is 3.08. The fourth-order valence-corrected chi connectivity index (χ4v) is 2.14. The molecule has 0 saturated heterocycles. The lowest BCUT2D eigenvalue weighted by Gasteiger charge is -2.16. The number of aryl methyl sites for hydroxylation is 2. The smallest absolute Gasteiger partial charge is 0.337 e. The van der Waals surface area contributed by atoms with Gasteiger partial charge in [-0.15, -0.1) is 0 Å². The van der Waals surface area contributed by atoms with Crippen LogP contribution in [-0.4, -0.2) is 28.8 Å². The van der Waals surface area contributed by atoms with Gasteiger partial charge in [-0.3, -0.25) is 4.79 Å². The molecule has 0 heterocycles. The van der Waals surface area contributed by atoms with Gasteiger partial charge in [0, 0.05) is 6.42 Å². The summed E-state index contributed by atoms with van der Waals surface area (Å²) in [7, 11) is 0. The summed E-state index contributed by atoms with van der Waals surface area (Å²) in [6.07, 6.45) is -0.428. The van der Waals surface area contributed by atoms with Gasteiger partial charge in [-0.2, -0.15) is 0 Å². The Labute approximate surface area is 118 Å². The molecule has 5 nitrogen and oxygen atoms in total. The number of benzene rings is 1. The van der Waals surface area contributed by atoms with E-state index in [-0.39, 0.29) is 12.4 Å². The van der Waals surface area contributed by atoms with Crippen molar-refractivity contribution in [2.75, 3.05) is 6.61 Å². The Balaban J connectivity index is 3.00. The number of ether oxygens (including phenoxy) is 1. The number of rotatable bonds is 7. The summed E-state index contributed by atoms with van der Waals surface area (Å²) in [5.74, 6) is -1.62. The molecule has 0 radical (unpaired) electrons. The van der Waals surface area contributed by atoms with Crippen molar-refractivity contribution in [1.82, 2.24) is 0 Å². The molecule has 20 heavy (non-hydrogen) atoms. The van der Waals surface area contributed by atoms with Gasteiger partial charge in [0.2, 0.25) is 0 Å². The summed E-state index contributed by atoms with van der Waals surface area (Å²) in [6.45, 7) is 3.94. The number of carbonyl (C=O) groups excluding carboxylic acids is 1. The molecule has 1 aromatic rings. The molecule has 1 unspecified atom stereocenters. The molecule has 0 amide bonds. The molecule has 0 spiro atoms. The molecular weight excluding hydrogens is 260 g/mol. The van der Waals surface area contributed by atoms with E-state index in [1.165, 1.54) is 0 Å². The van der Waals surface area contributed by atoms with Gasteiger partial charge >= 0.3 is 11.9 Å². The van der Waals surface area contributed by atoms with Gasteiger partial charge in [0.05, 0.1) is 6.61 Å². The van der Waals surface area contributed by atoms with Crippen molar-refractivity contribution in [3.8, 4) is 0 Å². The van der Waals surface area contributed by atoms with Crippen molar-refractivity contribution in [2.45, 2.75) is 39.2 Å². The van der Waals surface area contributed by atoms with E-state index in [0.29, 0.717) is 30.6 Å². The Morgan fingerprint density at radius 1 is 1.25 bits per heavy atom. The molecule has 2 N–H and O–H groups in total. The van der Waals surface area contributed by atoms with Crippen LogP contribution in [0.3, 0.4) is 0 Å². The van der Waals surface area contributed by atoms with Crippen molar-refractivity contribution in [3.05, 3.63) is 34.9 Å². The third-order valence-electron chi connectivity index (χ3n) is 3.08. The standard InChI is InChI=1S/C15H20O5/c1-3-10-6-5-7-11(8-9-12(16)20-4-2)13(10)14(17)15(18)19/h5-7,14,17H,3-4,8-9H2,1-2H3,(H,18,19). The lowest BCUT2D eigenvalue weighted by Crippen LogP contribution is -2.16. The molecular formula is C15H20O5. The topological polar surface area (TPSA) is 83.8 Å². The molecule has 0 aliphatic heterocycles. The van der Waals surface area contributed by atoms with E-state index >= 15 is 0 Å². The second-order valence-electron chi connectivity index (χ2n) is 4.39. The highest BCUT2D eigenvalue weighted by molar-refractivity contribution is 5.75. The second kappa shape index (κ2) is 7.65. The van der Waals surface area contributed by atoms with Crippen LogP contribution in [0.4, 0.5) is 0 Å². The zero-order chi connectivity index (χ0) is 15.1. The lowest BCUT2D eigenvalue weighted by molar-refractivity contribution is -0.147. The predicted octanol–water partition coefficient (Wildman–Crippen LogP) is 1.86. The largest absolute Gasteiger partial charge is 0.479 e. The summed E-state index contributed by atoms with van der Waals surface area (Å²) < 4.78 is 4.85. The first-order chi connectivity index (χ1) is 9.51. The summed E-state index contributed by atoms with van der Waals surface area (Å²) >= 11 is 0. The minimum atomic E-state index is -1.57. The maximum atomic E-state index is 11.4. The number of aliphatic hydroxyl groups is 1. The Hall–Kier alpha value is -1.88. The molecule has 110 valence electrons. The van der Waals surface area contributed by atoms with Crippen LogP contribution in [-0.2, 0) is 27.2 Å². The van der Waals surface area contributed by atoms with Crippen molar-refractivity contribution >= 4 is 11.9 Å². The maximum Gasteiger partial charge on any atom is 0.337 e. The van der Waals surface area contributed by atoms with E-state index in [0.717, 1.165) is 5.56 Å². The first kappa shape index (κ1) is 16.2. The zero-order valence-corrected chi connectivity index (χ0v) is 11.8. The van der Waals surface area contributed by atoms with Crippen LogP contribution in [0.15, 0.2) is 18.2 Å². The van der Waals surface area contributed by atoms with E-state index < -0.39 is 12.1 Å². The predicted molar refractivity (Wildman–Crippen MR) is 73.4 cm³/mol. The summed E-state index contributed by atoms with van der Waals surface area (Å²) in [5.41, 5.74) is 1.85. The highest BCUT2D eigenvalue weighted by Gasteiger charge is 2.22. The molecule has 1 rings (SSSR count). The van der Waals surface area contributed by atoms with Gasteiger partial charge in [0.25, 0.3) is 0 Å². The van der Waals surface area contributed by atoms with Crippen LogP contribution in [0.1, 0.15) is 43.1 Å². The average molecular weight is 280 g/mol. The van der Waals surface area contributed by atoms with E-state index in [1.807, 2.05) is 6.92 Å². The highest BCUT2D eigenvalue weighted by Crippen LogP contribution is 2.25. The van der Waals surface area contributed by atoms with Crippen molar-refractivity contribution < 1.29 is 24.5 Å². The van der Waals surface area contributed by atoms with Gasteiger partial charge in [-0.05, 0) is 36.5 Å². The zero-order valence-electron chi connectivity index (χ0n) is 11.8. The number of carboxylic acids is 1. The normalized spacial score (nSPS) is 11.9. The van der Waals surface area contributed by atoms with Gasteiger partial charge < -0.3 is 14.9 Å². The van der Waals surface area contributed by atoms with E-state index in [9.17, 15) is 14.7 Å². The molecule has 1 aromatic carbocycles. The number of esters is 1. The number of aliphatic hydroxyl groups excluding tert-OH is 1. The van der Waals surface area contributed by atoms with Gasteiger partial charge in [-0.25, -0.2) is 4.79 Å². The van der Waals surface area contributed by atoms with E-state index in [1.54, 1.807) is 25.1 Å². The van der Waals surface area contributed by atoms with E-state index in [4.69, 9.17) is 9.84 Å². The number of carboxylic acid groups (broad SMARTS) is 1. The van der Waals surface area contributed by atoms with Gasteiger partial charge in [0.15, 0.2) is 6.10 Å². The van der Waals surface area contributed by atoms with Crippen molar-refractivity contribution in [2.24, 2.45) is 0 Å². The minimum absolute atomic E-state index is 0.167. The maximum absolute atomic E-state index is 11.4. The van der Waals surface area contributed by atoms with Crippen LogP contribution in [0, 0.1) is 0 Å². The highest BCUT2D eigenvalue weighted by atomic mass is 16.5. The molecule has 0 bridgehead atoms. The van der Waals surface area contributed by atoms with Crippen LogP contribution in [0.25, 0.3) is 0 Å². The molecule has 1 atom stereocenters. The molecule has 0 aliphatic carbocycles. The molecule has 0 fully saturated rings. The Morgan fingerprint density at radius 3 is 2.45 bits per heavy atom. The monoisotopic (exact) mass is 280 g/mol. The number of carbonyl (C=O) groups is 2. The van der Waals surface area contributed by atoms with Crippen molar-refractivity contribution in [3.63, 3.8) is 0 Å². The van der Waals surface area contributed by atoms with Crippen LogP contribution >= 0.6 is 0 Å². The lowest BCUT2D eigenvalue weighted by atomic mass is 9.92. The molecule has 0 saturated carbocycles. The molecule has 5 heteroatoms. The first-order valence-corrected chi connectivity index (χ1v) is 6.68. The number of aliphatic carboxylic acids is 1. The second-order valence-corrected chi connectivity index (χ2v) is 4.39. The van der Waals surface area contributed by atoms with Gasteiger partial charge in [0.1, 0.15) is 0 Å². The molecule has 0 aromatic heterocycles. The van der Waals surface area contributed by atoms with Gasteiger partial charge in [-0.1, -0.05) is 25.1 Å². The number of hydrogen-bond donors (Lipinski definition) is 2. The third kappa shape index (κ3) is 4.06. The Kier molecular flexibility index (Phi) is 6.18. The first-order valence-electron chi connectivity index (χ1n) is 6.68. The Morgan fingerprint density at radius 2 is 1.90 bits per heavy atom. The van der Waals surface area contributed by atoms with Crippen LogP contribution in [0.5, 0.6) is 0 Å². The fourth-order valence-electron chi connectivity index (χ4n) is 2.14. The number of hydrogen-bond acceptors (Lipinski definition) is 4. The molecule has 0 aliphatic rings. The minimum Gasteiger partial charge on any atom is -0.479 e. The van der Waals surface area contributed by atoms with Crippen molar-refractivity contribution in [1.29, 1.82) is 0 Å². The average Bonchev–Trinajstić information content (AvgIpc) is 2.44. The summed E-state index contributed by atoms with van der Waals surface area (Å²) in [4.78, 5) is 22.4. The fraction of sp³-hybridized carbons (Fsp3) is 0.467. The summed E-state index contributed by atoms with van der Waals surface area (Å²) in [5, 5.41) is 18.8. The quantitative estimate of drug-likeness (QED) is 0.745. The summed E-state index contributed by atoms with van der Waals surface area (Å²) in [6, 6.07) is 5.33. The van der Waals surface area contributed by atoms with Crippen LogP contribution in [0.2, 0.25) is 0 Å². The van der Waals surface area contributed by atoms with Crippen LogP contribution < -0.4 is 0 Å². The Bertz CT molecular complexity index is 481. The SMILES string of the molecule is CCOC(=O)CCc1cccc(CC)c1C(O)C(=O)O.